The SMILES string of the molecule is C[C@@H]1C(=O)N(Cc2ccccc2)CC(C)(C)[C@@H]1O. The molecular weight excluding hydrogens is 226 g/mol. The van der Waals surface area contributed by atoms with E-state index >= 15 is 0 Å². The molecule has 0 aromatic heterocycles. The fraction of sp³-hybridized carbons (Fsp3) is 0.533. The van der Waals surface area contributed by atoms with Gasteiger partial charge in [-0.3, -0.25) is 4.79 Å². The standard InChI is InChI=1S/C15H21NO2/c1-11-13(17)15(2,3)10-16(14(11)18)9-12-7-5-4-6-8-12/h4-8,11,13,17H,9-10H2,1-3H3/t11-,13+/m0/s1. The number of hydrogen-bond acceptors (Lipinski definition) is 2. The van der Waals surface area contributed by atoms with E-state index in [9.17, 15) is 9.90 Å². The topological polar surface area (TPSA) is 40.5 Å². The van der Waals surface area contributed by atoms with Crippen LogP contribution in [0.4, 0.5) is 0 Å². The van der Waals surface area contributed by atoms with Crippen molar-refractivity contribution in [2.75, 3.05) is 6.54 Å². The van der Waals surface area contributed by atoms with Crippen LogP contribution in [-0.4, -0.2) is 28.6 Å². The first kappa shape index (κ1) is 13.1. The first-order valence-corrected chi connectivity index (χ1v) is 6.42. The maximum atomic E-state index is 12.2. The molecule has 0 unspecified atom stereocenters. The van der Waals surface area contributed by atoms with Crippen LogP contribution in [0.3, 0.4) is 0 Å². The van der Waals surface area contributed by atoms with E-state index in [1.54, 1.807) is 0 Å². The quantitative estimate of drug-likeness (QED) is 0.869. The molecule has 1 aliphatic rings. The molecule has 1 aromatic carbocycles. The van der Waals surface area contributed by atoms with Crippen LogP contribution in [0.15, 0.2) is 30.3 Å². The largest absolute Gasteiger partial charge is 0.392 e. The van der Waals surface area contributed by atoms with Gasteiger partial charge >= 0.3 is 0 Å². The number of aliphatic hydroxyl groups is 1. The second-order valence-corrected chi connectivity index (χ2v) is 5.90. The van der Waals surface area contributed by atoms with Crippen molar-refractivity contribution in [1.29, 1.82) is 0 Å². The van der Waals surface area contributed by atoms with Gasteiger partial charge in [-0.05, 0) is 5.56 Å². The van der Waals surface area contributed by atoms with E-state index in [1.807, 2.05) is 56.0 Å². The number of hydrogen-bond donors (Lipinski definition) is 1. The minimum absolute atomic E-state index is 0.0469. The summed E-state index contributed by atoms with van der Waals surface area (Å²) >= 11 is 0. The molecule has 2 rings (SSSR count). The molecule has 1 heterocycles. The predicted molar refractivity (Wildman–Crippen MR) is 70.8 cm³/mol. The molecule has 3 nitrogen and oxygen atoms in total. The molecule has 98 valence electrons. The van der Waals surface area contributed by atoms with Crippen molar-refractivity contribution >= 4 is 5.91 Å². The van der Waals surface area contributed by atoms with Gasteiger partial charge in [0.05, 0.1) is 12.0 Å². The van der Waals surface area contributed by atoms with Gasteiger partial charge in [-0.15, -0.1) is 0 Å². The summed E-state index contributed by atoms with van der Waals surface area (Å²) in [5.41, 5.74) is 0.882. The normalized spacial score (nSPS) is 27.3. The van der Waals surface area contributed by atoms with Crippen molar-refractivity contribution in [3.05, 3.63) is 35.9 Å². The summed E-state index contributed by atoms with van der Waals surface area (Å²) in [6.07, 6.45) is -0.558. The fourth-order valence-corrected chi connectivity index (χ4v) is 2.70. The summed E-state index contributed by atoms with van der Waals surface area (Å²) in [5.74, 6) is -0.275. The number of piperidine rings is 1. The number of carbonyl (C=O) groups is 1. The molecule has 1 N–H and O–H groups in total. The van der Waals surface area contributed by atoms with Gasteiger partial charge in [0.2, 0.25) is 5.91 Å². The third-order valence-corrected chi connectivity index (χ3v) is 3.79. The number of likely N-dealkylation sites (tertiary alicyclic amines) is 1. The number of nitrogens with zero attached hydrogens (tertiary/aromatic N) is 1. The highest BCUT2D eigenvalue weighted by Gasteiger charge is 2.43. The van der Waals surface area contributed by atoms with Crippen molar-refractivity contribution in [2.45, 2.75) is 33.4 Å². The van der Waals surface area contributed by atoms with Crippen LogP contribution in [0.1, 0.15) is 26.3 Å². The Balaban J connectivity index is 2.16. The van der Waals surface area contributed by atoms with E-state index in [-0.39, 0.29) is 17.2 Å². The van der Waals surface area contributed by atoms with Gasteiger partial charge in [0.15, 0.2) is 0 Å². The molecule has 2 atom stereocenters. The van der Waals surface area contributed by atoms with Gasteiger partial charge in [0, 0.05) is 18.5 Å². The maximum Gasteiger partial charge on any atom is 0.228 e. The average Bonchev–Trinajstić information content (AvgIpc) is 2.35. The number of rotatable bonds is 2. The molecule has 0 aliphatic carbocycles. The minimum atomic E-state index is -0.558. The molecule has 3 heteroatoms. The summed E-state index contributed by atoms with van der Waals surface area (Å²) in [7, 11) is 0. The predicted octanol–water partition coefficient (Wildman–Crippen LogP) is 2.05. The van der Waals surface area contributed by atoms with Crippen LogP contribution in [0, 0.1) is 11.3 Å². The second kappa shape index (κ2) is 4.73. The summed E-state index contributed by atoms with van der Waals surface area (Å²) in [5, 5.41) is 10.1. The summed E-state index contributed by atoms with van der Waals surface area (Å²) in [6, 6.07) is 9.98. The van der Waals surface area contributed by atoms with Crippen LogP contribution in [-0.2, 0) is 11.3 Å². The van der Waals surface area contributed by atoms with Gasteiger partial charge in [0.1, 0.15) is 0 Å². The van der Waals surface area contributed by atoms with Crippen LogP contribution in [0.2, 0.25) is 0 Å². The Morgan fingerprint density at radius 2 is 1.94 bits per heavy atom. The third-order valence-electron chi connectivity index (χ3n) is 3.79. The van der Waals surface area contributed by atoms with E-state index in [1.165, 1.54) is 0 Å². The Hall–Kier alpha value is -1.35. The highest BCUT2D eigenvalue weighted by atomic mass is 16.3. The van der Waals surface area contributed by atoms with E-state index in [4.69, 9.17) is 0 Å². The molecule has 1 saturated heterocycles. The van der Waals surface area contributed by atoms with Crippen LogP contribution >= 0.6 is 0 Å². The summed E-state index contributed by atoms with van der Waals surface area (Å²) < 4.78 is 0. The fourth-order valence-electron chi connectivity index (χ4n) is 2.70. The lowest BCUT2D eigenvalue weighted by atomic mass is 9.76. The van der Waals surface area contributed by atoms with Gasteiger partial charge in [-0.25, -0.2) is 0 Å². The van der Waals surface area contributed by atoms with Crippen molar-refractivity contribution in [2.24, 2.45) is 11.3 Å². The number of aliphatic hydroxyl groups excluding tert-OH is 1. The monoisotopic (exact) mass is 247 g/mol. The molecule has 1 amide bonds. The number of benzene rings is 1. The Labute approximate surface area is 108 Å². The van der Waals surface area contributed by atoms with Crippen molar-refractivity contribution in [1.82, 2.24) is 4.90 Å². The smallest absolute Gasteiger partial charge is 0.228 e. The Bertz CT molecular complexity index is 427. The van der Waals surface area contributed by atoms with Gasteiger partial charge in [0.25, 0.3) is 0 Å². The summed E-state index contributed by atoms with van der Waals surface area (Å²) in [6.45, 7) is 7.06. The van der Waals surface area contributed by atoms with Crippen molar-refractivity contribution < 1.29 is 9.90 Å². The molecule has 0 saturated carbocycles. The first-order valence-electron chi connectivity index (χ1n) is 6.42. The maximum absolute atomic E-state index is 12.2. The zero-order valence-electron chi connectivity index (χ0n) is 11.3. The Kier molecular flexibility index (Phi) is 3.44. The Morgan fingerprint density at radius 3 is 2.56 bits per heavy atom. The zero-order chi connectivity index (χ0) is 13.3. The van der Waals surface area contributed by atoms with E-state index in [0.29, 0.717) is 13.1 Å². The molecule has 0 radical (unpaired) electrons. The van der Waals surface area contributed by atoms with Crippen LogP contribution in [0.5, 0.6) is 0 Å². The summed E-state index contributed by atoms with van der Waals surface area (Å²) in [4.78, 5) is 14.0. The van der Waals surface area contributed by atoms with Crippen molar-refractivity contribution in [3.63, 3.8) is 0 Å². The average molecular weight is 247 g/mol. The molecule has 1 aromatic rings. The second-order valence-electron chi connectivity index (χ2n) is 5.90. The molecular formula is C15H21NO2. The zero-order valence-corrected chi connectivity index (χ0v) is 11.3. The van der Waals surface area contributed by atoms with Crippen LogP contribution < -0.4 is 0 Å². The third kappa shape index (κ3) is 2.41. The lowest BCUT2D eigenvalue weighted by Crippen LogP contribution is -2.56. The van der Waals surface area contributed by atoms with Gasteiger partial charge in [-0.2, -0.15) is 0 Å². The lowest BCUT2D eigenvalue weighted by Gasteiger charge is -2.44. The molecule has 1 fully saturated rings. The highest BCUT2D eigenvalue weighted by molar-refractivity contribution is 5.80. The van der Waals surface area contributed by atoms with E-state index < -0.39 is 6.10 Å². The number of amides is 1. The van der Waals surface area contributed by atoms with Crippen molar-refractivity contribution in [3.8, 4) is 0 Å². The van der Waals surface area contributed by atoms with Crippen LogP contribution in [0.25, 0.3) is 0 Å². The molecule has 0 spiro atoms. The molecule has 0 bridgehead atoms. The highest BCUT2D eigenvalue weighted by Crippen LogP contribution is 2.33. The Morgan fingerprint density at radius 1 is 1.33 bits per heavy atom. The van der Waals surface area contributed by atoms with Gasteiger partial charge in [-0.1, -0.05) is 51.1 Å². The number of carbonyl (C=O) groups excluding carboxylic acids is 1. The van der Waals surface area contributed by atoms with E-state index in [2.05, 4.69) is 0 Å². The minimum Gasteiger partial charge on any atom is -0.392 e. The van der Waals surface area contributed by atoms with Gasteiger partial charge < -0.3 is 10.0 Å². The van der Waals surface area contributed by atoms with E-state index in [0.717, 1.165) is 5.56 Å². The lowest BCUT2D eigenvalue weighted by molar-refractivity contribution is -0.155. The molecule has 1 aliphatic heterocycles. The first-order chi connectivity index (χ1) is 8.42. The molecule has 18 heavy (non-hydrogen) atoms.